The number of aryl methyl sites for hydroxylation is 1. The molecule has 0 aliphatic rings. The monoisotopic (exact) mass is 357 g/mol. The minimum atomic E-state index is -3.96. The first-order valence-corrected chi connectivity index (χ1v) is 8.96. The van der Waals surface area contributed by atoms with Gasteiger partial charge in [-0.3, -0.25) is 4.79 Å². The van der Waals surface area contributed by atoms with Crippen LogP contribution < -0.4 is 4.72 Å². The predicted molar refractivity (Wildman–Crippen MR) is 89.2 cm³/mol. The standard InChI is InChI=1S/C16H15N5O3S/c22-16(10-9-13-5-2-1-3-6-13)18-25(23,24)15-8-4-7-14(11-15)21-12-17-19-20-21/h1-8,11-12H,9-10H2,(H,18,22). The molecule has 0 aliphatic heterocycles. The molecule has 0 radical (unpaired) electrons. The number of sulfonamides is 1. The number of nitrogens with one attached hydrogen (secondary N) is 1. The number of aromatic nitrogens is 4. The SMILES string of the molecule is O=C(CCc1ccccc1)NS(=O)(=O)c1cccc(-n2cnnn2)c1. The fourth-order valence-corrected chi connectivity index (χ4v) is 3.29. The van der Waals surface area contributed by atoms with Crippen LogP contribution in [0.15, 0.2) is 65.8 Å². The molecule has 8 nitrogen and oxygen atoms in total. The number of hydrogen-bond acceptors (Lipinski definition) is 6. The van der Waals surface area contributed by atoms with Crippen LogP contribution in [0.25, 0.3) is 5.69 Å². The summed E-state index contributed by atoms with van der Waals surface area (Å²) in [6.07, 6.45) is 1.90. The van der Waals surface area contributed by atoms with Gasteiger partial charge in [0.15, 0.2) is 0 Å². The fraction of sp³-hybridized carbons (Fsp3) is 0.125. The van der Waals surface area contributed by atoms with E-state index in [0.717, 1.165) is 5.56 Å². The number of rotatable bonds is 6. The Kier molecular flexibility index (Phi) is 4.85. The summed E-state index contributed by atoms with van der Waals surface area (Å²) in [4.78, 5) is 12.0. The molecule has 1 aromatic heterocycles. The van der Waals surface area contributed by atoms with Crippen LogP contribution in [0.3, 0.4) is 0 Å². The van der Waals surface area contributed by atoms with Crippen molar-refractivity contribution in [3.05, 3.63) is 66.5 Å². The summed E-state index contributed by atoms with van der Waals surface area (Å²) in [5.41, 5.74) is 1.44. The molecule has 0 atom stereocenters. The minimum absolute atomic E-state index is 0.0337. The first-order chi connectivity index (χ1) is 12.0. The molecule has 0 bridgehead atoms. The summed E-state index contributed by atoms with van der Waals surface area (Å²) in [6, 6.07) is 15.4. The van der Waals surface area contributed by atoms with Gasteiger partial charge in [-0.05, 0) is 40.6 Å². The zero-order chi connectivity index (χ0) is 17.7. The van der Waals surface area contributed by atoms with E-state index in [9.17, 15) is 13.2 Å². The first-order valence-electron chi connectivity index (χ1n) is 7.47. The lowest BCUT2D eigenvalue weighted by Gasteiger charge is -2.08. The Labute approximate surface area is 144 Å². The summed E-state index contributed by atoms with van der Waals surface area (Å²) in [5.74, 6) is -0.559. The van der Waals surface area contributed by atoms with Crippen LogP contribution in [0, 0.1) is 0 Å². The number of carbonyl (C=O) groups excluding carboxylic acids is 1. The van der Waals surface area contributed by atoms with Crippen molar-refractivity contribution < 1.29 is 13.2 Å². The largest absolute Gasteiger partial charge is 0.274 e. The summed E-state index contributed by atoms with van der Waals surface area (Å²) >= 11 is 0. The van der Waals surface area contributed by atoms with Crippen LogP contribution in [0.1, 0.15) is 12.0 Å². The smallest absolute Gasteiger partial charge is 0.264 e. The second-order valence-corrected chi connectivity index (χ2v) is 6.95. The average Bonchev–Trinajstić information content (AvgIpc) is 3.15. The molecular weight excluding hydrogens is 342 g/mol. The molecule has 3 rings (SSSR count). The van der Waals surface area contributed by atoms with Gasteiger partial charge in [0, 0.05) is 6.42 Å². The van der Waals surface area contributed by atoms with Crippen molar-refractivity contribution in [3.8, 4) is 5.69 Å². The zero-order valence-electron chi connectivity index (χ0n) is 13.1. The molecule has 0 saturated heterocycles. The number of hydrogen-bond donors (Lipinski definition) is 1. The zero-order valence-corrected chi connectivity index (χ0v) is 13.9. The van der Waals surface area contributed by atoms with E-state index < -0.39 is 15.9 Å². The van der Waals surface area contributed by atoms with Crippen molar-refractivity contribution in [1.82, 2.24) is 24.9 Å². The van der Waals surface area contributed by atoms with Gasteiger partial charge >= 0.3 is 0 Å². The van der Waals surface area contributed by atoms with E-state index in [-0.39, 0.29) is 11.3 Å². The normalized spacial score (nSPS) is 11.2. The van der Waals surface area contributed by atoms with Crippen LogP contribution in [0.4, 0.5) is 0 Å². The fourth-order valence-electron chi connectivity index (χ4n) is 2.24. The van der Waals surface area contributed by atoms with E-state index >= 15 is 0 Å². The van der Waals surface area contributed by atoms with Crippen molar-refractivity contribution in [2.75, 3.05) is 0 Å². The molecule has 0 saturated carbocycles. The molecule has 0 fully saturated rings. The predicted octanol–water partition coefficient (Wildman–Crippen LogP) is 1.10. The van der Waals surface area contributed by atoms with Crippen molar-refractivity contribution in [1.29, 1.82) is 0 Å². The highest BCUT2D eigenvalue weighted by Gasteiger charge is 2.18. The molecule has 128 valence electrons. The quantitative estimate of drug-likeness (QED) is 0.708. The third-order valence-corrected chi connectivity index (χ3v) is 4.84. The van der Waals surface area contributed by atoms with E-state index in [0.29, 0.717) is 12.1 Å². The molecule has 1 heterocycles. The van der Waals surface area contributed by atoms with Gasteiger partial charge in [0.25, 0.3) is 10.0 Å². The number of nitrogens with zero attached hydrogens (tertiary/aromatic N) is 4. The van der Waals surface area contributed by atoms with Gasteiger partial charge < -0.3 is 0 Å². The van der Waals surface area contributed by atoms with Gasteiger partial charge in [-0.1, -0.05) is 36.4 Å². The molecule has 0 aliphatic carbocycles. The Balaban J connectivity index is 1.69. The highest BCUT2D eigenvalue weighted by Crippen LogP contribution is 2.14. The summed E-state index contributed by atoms with van der Waals surface area (Å²) < 4.78 is 28.2. The van der Waals surface area contributed by atoms with Crippen LogP contribution in [-0.2, 0) is 21.2 Å². The topological polar surface area (TPSA) is 107 Å². The van der Waals surface area contributed by atoms with Gasteiger partial charge in [0.2, 0.25) is 5.91 Å². The maximum Gasteiger partial charge on any atom is 0.264 e. The maximum atomic E-state index is 12.4. The van der Waals surface area contributed by atoms with Gasteiger partial charge in [0.1, 0.15) is 6.33 Å². The Morgan fingerprint density at radius 3 is 2.60 bits per heavy atom. The van der Waals surface area contributed by atoms with Crippen LogP contribution in [-0.4, -0.2) is 34.5 Å². The van der Waals surface area contributed by atoms with Crippen LogP contribution in [0.5, 0.6) is 0 Å². The molecule has 1 N–H and O–H groups in total. The third kappa shape index (κ3) is 4.27. The third-order valence-electron chi connectivity index (χ3n) is 3.47. The Bertz CT molecular complexity index is 956. The molecule has 3 aromatic rings. The van der Waals surface area contributed by atoms with Crippen molar-refractivity contribution >= 4 is 15.9 Å². The second kappa shape index (κ2) is 7.22. The molecule has 1 amide bonds. The minimum Gasteiger partial charge on any atom is -0.274 e. The number of tetrazole rings is 1. The van der Waals surface area contributed by atoms with Gasteiger partial charge in [-0.25, -0.2) is 17.8 Å². The van der Waals surface area contributed by atoms with E-state index in [2.05, 4.69) is 20.2 Å². The molecule has 2 aromatic carbocycles. The van der Waals surface area contributed by atoms with Crippen LogP contribution >= 0.6 is 0 Å². The Hall–Kier alpha value is -3.07. The number of amides is 1. The number of benzene rings is 2. The lowest BCUT2D eigenvalue weighted by atomic mass is 10.1. The average molecular weight is 357 g/mol. The van der Waals surface area contributed by atoms with E-state index in [1.54, 1.807) is 12.1 Å². The lowest BCUT2D eigenvalue weighted by molar-refractivity contribution is -0.119. The van der Waals surface area contributed by atoms with E-state index in [4.69, 9.17) is 0 Å². The van der Waals surface area contributed by atoms with Crippen molar-refractivity contribution in [3.63, 3.8) is 0 Å². The van der Waals surface area contributed by atoms with Gasteiger partial charge in [-0.2, -0.15) is 0 Å². The van der Waals surface area contributed by atoms with E-state index in [1.807, 2.05) is 30.3 Å². The summed E-state index contributed by atoms with van der Waals surface area (Å²) in [6.45, 7) is 0. The molecule has 9 heteroatoms. The van der Waals surface area contributed by atoms with Crippen LogP contribution in [0.2, 0.25) is 0 Å². The summed E-state index contributed by atoms with van der Waals surface area (Å²) in [7, 11) is -3.96. The van der Waals surface area contributed by atoms with E-state index in [1.165, 1.54) is 23.1 Å². The highest BCUT2D eigenvalue weighted by molar-refractivity contribution is 7.90. The second-order valence-electron chi connectivity index (χ2n) is 5.27. The molecule has 0 spiro atoms. The molecule has 0 unspecified atom stereocenters. The van der Waals surface area contributed by atoms with Gasteiger partial charge in [-0.15, -0.1) is 5.10 Å². The molecule has 25 heavy (non-hydrogen) atoms. The highest BCUT2D eigenvalue weighted by atomic mass is 32.2. The summed E-state index contributed by atoms with van der Waals surface area (Å²) in [5, 5.41) is 10.7. The number of carbonyl (C=O) groups is 1. The van der Waals surface area contributed by atoms with Crippen molar-refractivity contribution in [2.45, 2.75) is 17.7 Å². The first kappa shape index (κ1) is 16.8. The van der Waals surface area contributed by atoms with Gasteiger partial charge in [0.05, 0.1) is 10.6 Å². The Morgan fingerprint density at radius 1 is 1.08 bits per heavy atom. The maximum absolute atomic E-state index is 12.4. The lowest BCUT2D eigenvalue weighted by Crippen LogP contribution is -2.30. The van der Waals surface area contributed by atoms with Crippen molar-refractivity contribution in [2.24, 2.45) is 0 Å². The Morgan fingerprint density at radius 2 is 1.88 bits per heavy atom. The molecular formula is C16H15N5O3S.